The molecular weight excluding hydrogens is 304 g/mol. The van der Waals surface area contributed by atoms with E-state index in [0.717, 1.165) is 11.5 Å². The highest BCUT2D eigenvalue weighted by molar-refractivity contribution is 5.30. The standard InChI is InChI=1S/C19H24N2O3/c1-14-18(13-22)20-21-19(14)15-7-9-17(10-8-15)24-12-11-23-16-5-3-2-4-6-16/h2-10,14,18-22H,11-13H2,1H3. The number of aliphatic hydroxyl groups is 1. The molecule has 1 saturated heterocycles. The molecule has 3 unspecified atom stereocenters. The lowest BCUT2D eigenvalue weighted by Crippen LogP contribution is -2.34. The van der Waals surface area contributed by atoms with Gasteiger partial charge in [0.1, 0.15) is 24.7 Å². The SMILES string of the molecule is CC1C(CO)NNC1c1ccc(OCCOc2ccccc2)cc1. The first-order valence-corrected chi connectivity index (χ1v) is 8.30. The molecule has 1 fully saturated rings. The molecule has 2 aromatic carbocycles. The van der Waals surface area contributed by atoms with Crippen molar-refractivity contribution >= 4 is 0 Å². The van der Waals surface area contributed by atoms with Crippen molar-refractivity contribution < 1.29 is 14.6 Å². The van der Waals surface area contributed by atoms with Gasteiger partial charge in [0.15, 0.2) is 0 Å². The summed E-state index contributed by atoms with van der Waals surface area (Å²) in [5.74, 6) is 2.00. The monoisotopic (exact) mass is 328 g/mol. The van der Waals surface area contributed by atoms with Crippen molar-refractivity contribution in [2.75, 3.05) is 19.8 Å². The molecule has 3 atom stereocenters. The van der Waals surface area contributed by atoms with Crippen LogP contribution < -0.4 is 20.3 Å². The molecule has 0 aliphatic carbocycles. The minimum atomic E-state index is 0.0843. The Kier molecular flexibility index (Phi) is 5.69. The Morgan fingerprint density at radius 2 is 1.50 bits per heavy atom. The first kappa shape index (κ1) is 16.8. The smallest absolute Gasteiger partial charge is 0.122 e. The van der Waals surface area contributed by atoms with E-state index >= 15 is 0 Å². The predicted octanol–water partition coefficient (Wildman–Crippen LogP) is 2.29. The molecule has 1 heterocycles. The summed E-state index contributed by atoms with van der Waals surface area (Å²) in [6.45, 7) is 3.27. The summed E-state index contributed by atoms with van der Waals surface area (Å²) in [4.78, 5) is 0. The van der Waals surface area contributed by atoms with Crippen molar-refractivity contribution in [3.8, 4) is 11.5 Å². The predicted molar refractivity (Wildman–Crippen MR) is 92.9 cm³/mol. The van der Waals surface area contributed by atoms with Crippen LogP contribution >= 0.6 is 0 Å². The van der Waals surface area contributed by atoms with Gasteiger partial charge in [0.25, 0.3) is 0 Å². The van der Waals surface area contributed by atoms with E-state index in [1.807, 2.05) is 42.5 Å². The summed E-state index contributed by atoms with van der Waals surface area (Å²) in [5.41, 5.74) is 7.55. The van der Waals surface area contributed by atoms with E-state index in [4.69, 9.17) is 9.47 Å². The minimum absolute atomic E-state index is 0.0843. The molecule has 3 rings (SSSR count). The lowest BCUT2D eigenvalue weighted by atomic mass is 9.91. The van der Waals surface area contributed by atoms with Gasteiger partial charge in [0.05, 0.1) is 12.6 Å². The van der Waals surface area contributed by atoms with E-state index in [9.17, 15) is 5.11 Å². The topological polar surface area (TPSA) is 62.8 Å². The van der Waals surface area contributed by atoms with Crippen molar-refractivity contribution in [3.63, 3.8) is 0 Å². The van der Waals surface area contributed by atoms with Gasteiger partial charge < -0.3 is 14.6 Å². The Labute approximate surface area is 142 Å². The maximum Gasteiger partial charge on any atom is 0.122 e. The maximum atomic E-state index is 9.31. The van der Waals surface area contributed by atoms with Crippen LogP contribution in [0.5, 0.6) is 11.5 Å². The van der Waals surface area contributed by atoms with Gasteiger partial charge in [-0.15, -0.1) is 0 Å². The first-order chi connectivity index (χ1) is 11.8. The third-order valence-corrected chi connectivity index (χ3v) is 4.38. The lowest BCUT2D eigenvalue weighted by Gasteiger charge is -2.17. The molecule has 0 amide bonds. The Bertz CT molecular complexity index is 618. The zero-order chi connectivity index (χ0) is 16.8. The summed E-state index contributed by atoms with van der Waals surface area (Å²) in [7, 11) is 0. The van der Waals surface area contributed by atoms with Crippen molar-refractivity contribution in [2.24, 2.45) is 5.92 Å². The number of benzene rings is 2. The van der Waals surface area contributed by atoms with Gasteiger partial charge in [-0.1, -0.05) is 37.3 Å². The molecular formula is C19H24N2O3. The molecule has 1 aliphatic rings. The van der Waals surface area contributed by atoms with E-state index in [0.29, 0.717) is 19.1 Å². The second kappa shape index (κ2) is 8.15. The van der Waals surface area contributed by atoms with Gasteiger partial charge in [-0.05, 0) is 35.7 Å². The molecule has 0 aromatic heterocycles. The van der Waals surface area contributed by atoms with E-state index in [1.54, 1.807) is 0 Å². The highest BCUT2D eigenvalue weighted by Gasteiger charge is 2.32. The Hall–Kier alpha value is -2.08. The van der Waals surface area contributed by atoms with Gasteiger partial charge in [-0.2, -0.15) is 0 Å². The number of para-hydroxylation sites is 1. The number of ether oxygens (including phenoxy) is 2. The molecule has 0 spiro atoms. The minimum Gasteiger partial charge on any atom is -0.490 e. The number of hydrazine groups is 1. The van der Waals surface area contributed by atoms with Crippen LogP contribution in [0, 0.1) is 5.92 Å². The molecule has 0 bridgehead atoms. The van der Waals surface area contributed by atoms with E-state index in [-0.39, 0.29) is 18.7 Å². The molecule has 24 heavy (non-hydrogen) atoms. The van der Waals surface area contributed by atoms with Gasteiger partial charge >= 0.3 is 0 Å². The van der Waals surface area contributed by atoms with Crippen molar-refractivity contribution in [1.29, 1.82) is 0 Å². The van der Waals surface area contributed by atoms with E-state index in [2.05, 4.69) is 29.9 Å². The average molecular weight is 328 g/mol. The third-order valence-electron chi connectivity index (χ3n) is 4.38. The normalized spacial score (nSPS) is 23.2. The number of rotatable bonds is 7. The molecule has 2 aromatic rings. The summed E-state index contributed by atoms with van der Waals surface area (Å²) in [6, 6.07) is 18.0. The van der Waals surface area contributed by atoms with Crippen molar-refractivity contribution in [2.45, 2.75) is 19.0 Å². The lowest BCUT2D eigenvalue weighted by molar-refractivity contribution is 0.217. The molecule has 5 nitrogen and oxygen atoms in total. The number of aliphatic hydroxyl groups excluding tert-OH is 1. The summed E-state index contributed by atoms with van der Waals surface area (Å²) >= 11 is 0. The number of hydrogen-bond donors (Lipinski definition) is 3. The summed E-state index contributed by atoms with van der Waals surface area (Å²) in [5, 5.41) is 9.31. The zero-order valence-electron chi connectivity index (χ0n) is 13.8. The van der Waals surface area contributed by atoms with Crippen LogP contribution in [0.3, 0.4) is 0 Å². The largest absolute Gasteiger partial charge is 0.490 e. The highest BCUT2D eigenvalue weighted by atomic mass is 16.5. The summed E-state index contributed by atoms with van der Waals surface area (Å²) < 4.78 is 11.3. The fourth-order valence-corrected chi connectivity index (χ4v) is 2.90. The van der Waals surface area contributed by atoms with Crippen molar-refractivity contribution in [1.82, 2.24) is 10.9 Å². The van der Waals surface area contributed by atoms with Gasteiger partial charge in [-0.25, -0.2) is 5.43 Å². The highest BCUT2D eigenvalue weighted by Crippen LogP contribution is 2.29. The number of nitrogens with one attached hydrogen (secondary N) is 2. The zero-order valence-corrected chi connectivity index (χ0v) is 13.8. The third kappa shape index (κ3) is 4.06. The molecule has 128 valence electrons. The van der Waals surface area contributed by atoms with Crippen LogP contribution in [0.25, 0.3) is 0 Å². The van der Waals surface area contributed by atoms with Crippen LogP contribution in [-0.4, -0.2) is 31.0 Å². The summed E-state index contributed by atoms with van der Waals surface area (Å²) in [6.07, 6.45) is 0. The molecule has 0 saturated carbocycles. The van der Waals surface area contributed by atoms with Crippen LogP contribution in [0.4, 0.5) is 0 Å². The second-order valence-corrected chi connectivity index (χ2v) is 5.99. The van der Waals surface area contributed by atoms with Gasteiger partial charge in [-0.3, -0.25) is 5.43 Å². The van der Waals surface area contributed by atoms with E-state index in [1.165, 1.54) is 5.56 Å². The Morgan fingerprint density at radius 1 is 0.875 bits per heavy atom. The van der Waals surface area contributed by atoms with E-state index < -0.39 is 0 Å². The van der Waals surface area contributed by atoms with Crippen molar-refractivity contribution in [3.05, 3.63) is 60.2 Å². The van der Waals surface area contributed by atoms with Crippen LogP contribution in [0.1, 0.15) is 18.5 Å². The second-order valence-electron chi connectivity index (χ2n) is 5.99. The fraction of sp³-hybridized carbons (Fsp3) is 0.368. The maximum absolute atomic E-state index is 9.31. The average Bonchev–Trinajstić information content (AvgIpc) is 3.01. The van der Waals surface area contributed by atoms with Crippen LogP contribution in [0.2, 0.25) is 0 Å². The molecule has 3 N–H and O–H groups in total. The number of hydrogen-bond acceptors (Lipinski definition) is 5. The van der Waals surface area contributed by atoms with Crippen LogP contribution in [0.15, 0.2) is 54.6 Å². The van der Waals surface area contributed by atoms with Gasteiger partial charge in [0, 0.05) is 6.04 Å². The van der Waals surface area contributed by atoms with Crippen LogP contribution in [-0.2, 0) is 0 Å². The Morgan fingerprint density at radius 3 is 2.08 bits per heavy atom. The molecule has 5 heteroatoms. The van der Waals surface area contributed by atoms with Gasteiger partial charge in [0.2, 0.25) is 0 Å². The Balaban J connectivity index is 1.46. The first-order valence-electron chi connectivity index (χ1n) is 8.30. The fourth-order valence-electron chi connectivity index (χ4n) is 2.90. The molecule has 0 radical (unpaired) electrons. The quantitative estimate of drug-likeness (QED) is 0.681. The molecule has 1 aliphatic heterocycles.